The predicted octanol–water partition coefficient (Wildman–Crippen LogP) is 3.36. The van der Waals surface area contributed by atoms with E-state index in [-0.39, 0.29) is 19.1 Å². The molecule has 0 unspecified atom stereocenters. The molecule has 2 amide bonds. The molecule has 0 aliphatic carbocycles. The maximum absolute atomic E-state index is 13.9. The van der Waals surface area contributed by atoms with Gasteiger partial charge in [0.05, 0.1) is 25.0 Å². The van der Waals surface area contributed by atoms with Crippen LogP contribution in [0, 0.1) is 5.92 Å². The maximum atomic E-state index is 13.9. The van der Waals surface area contributed by atoms with Crippen molar-refractivity contribution >= 4 is 23.2 Å². The number of allylic oxidation sites excluding steroid dienone is 1. The number of fused-ring (bicyclic) bond motifs is 1. The van der Waals surface area contributed by atoms with Crippen LogP contribution < -0.4 is 14.5 Å². The van der Waals surface area contributed by atoms with E-state index in [0.29, 0.717) is 42.8 Å². The second-order valence-corrected chi connectivity index (χ2v) is 10.7. The lowest BCUT2D eigenvalue weighted by molar-refractivity contribution is -0.139. The Bertz CT molecular complexity index is 1420. The van der Waals surface area contributed by atoms with Crippen LogP contribution in [0.2, 0.25) is 0 Å². The summed E-state index contributed by atoms with van der Waals surface area (Å²) in [6, 6.07) is 13.1. The normalized spacial score (nSPS) is 19.7. The van der Waals surface area contributed by atoms with Gasteiger partial charge in [-0.1, -0.05) is 36.4 Å². The molecule has 2 N–H and O–H groups in total. The molecule has 10 nitrogen and oxygen atoms in total. The summed E-state index contributed by atoms with van der Waals surface area (Å²) in [7, 11) is 1.56. The molecular formula is C31H37N5O5. The van der Waals surface area contributed by atoms with E-state index >= 15 is 0 Å². The zero-order valence-corrected chi connectivity index (χ0v) is 23.6. The maximum Gasteiger partial charge on any atom is 0.264 e. The van der Waals surface area contributed by atoms with Gasteiger partial charge in [-0.05, 0) is 55.2 Å². The molecular weight excluding hydrogens is 522 g/mol. The summed E-state index contributed by atoms with van der Waals surface area (Å²) in [5.74, 6) is -0.202. The van der Waals surface area contributed by atoms with Gasteiger partial charge in [0.15, 0.2) is 5.60 Å². The number of hydrogen-bond acceptors (Lipinski definition) is 7. The number of aliphatic hydroxyl groups is 2. The van der Waals surface area contributed by atoms with Crippen molar-refractivity contribution in [3.05, 3.63) is 77.6 Å². The Kier molecular flexibility index (Phi) is 8.51. The summed E-state index contributed by atoms with van der Waals surface area (Å²) in [5, 5.41) is 29.1. The minimum atomic E-state index is -1.76. The zero-order valence-electron chi connectivity index (χ0n) is 23.6. The second-order valence-electron chi connectivity index (χ2n) is 10.7. The highest BCUT2D eigenvalue weighted by molar-refractivity contribution is 6.07. The molecule has 2 aliphatic rings. The van der Waals surface area contributed by atoms with Crippen LogP contribution in [0.5, 0.6) is 5.75 Å². The number of methoxy groups -OCH3 is 1. The minimum absolute atomic E-state index is 0.0247. The molecule has 2 aliphatic heterocycles. The van der Waals surface area contributed by atoms with Gasteiger partial charge >= 0.3 is 0 Å². The summed E-state index contributed by atoms with van der Waals surface area (Å²) in [6.07, 6.45) is 9.20. The lowest BCUT2D eigenvalue weighted by atomic mass is 9.83. The van der Waals surface area contributed by atoms with Crippen molar-refractivity contribution in [1.29, 1.82) is 0 Å². The van der Waals surface area contributed by atoms with Crippen LogP contribution in [0.15, 0.2) is 60.8 Å². The Morgan fingerprint density at radius 1 is 1.15 bits per heavy atom. The van der Waals surface area contributed by atoms with E-state index in [4.69, 9.17) is 9.84 Å². The average molecular weight is 560 g/mol. The Balaban J connectivity index is 1.33. The number of benzene rings is 2. The van der Waals surface area contributed by atoms with Gasteiger partial charge in [0.25, 0.3) is 5.91 Å². The van der Waals surface area contributed by atoms with Crippen LogP contribution in [0.1, 0.15) is 49.4 Å². The fraction of sp³-hybridized carbons (Fsp3) is 0.419. The molecule has 10 heteroatoms. The first kappa shape index (κ1) is 28.5. The fourth-order valence-electron chi connectivity index (χ4n) is 5.58. The van der Waals surface area contributed by atoms with Crippen LogP contribution >= 0.6 is 0 Å². The first-order valence-electron chi connectivity index (χ1n) is 14.1. The van der Waals surface area contributed by atoms with Crippen molar-refractivity contribution in [3.63, 3.8) is 0 Å². The molecule has 216 valence electrons. The Morgan fingerprint density at radius 3 is 2.68 bits per heavy atom. The Labute approximate surface area is 239 Å². The first-order valence-corrected chi connectivity index (χ1v) is 14.1. The fourth-order valence-corrected chi connectivity index (χ4v) is 5.58. The van der Waals surface area contributed by atoms with E-state index in [2.05, 4.69) is 10.3 Å². The molecule has 3 aromatic rings. The molecule has 41 heavy (non-hydrogen) atoms. The highest BCUT2D eigenvalue weighted by Gasteiger charge is 2.52. The lowest BCUT2D eigenvalue weighted by Gasteiger charge is -2.28. The summed E-state index contributed by atoms with van der Waals surface area (Å²) in [6.45, 7) is 3.45. The third kappa shape index (κ3) is 5.75. The summed E-state index contributed by atoms with van der Waals surface area (Å²) >= 11 is 0. The molecule has 0 spiro atoms. The lowest BCUT2D eigenvalue weighted by Crippen LogP contribution is -2.44. The van der Waals surface area contributed by atoms with Gasteiger partial charge in [-0.3, -0.25) is 14.3 Å². The number of aromatic nitrogens is 3. The zero-order chi connectivity index (χ0) is 29.0. The number of rotatable bonds is 11. The number of ether oxygens (including phenoxy) is 1. The van der Waals surface area contributed by atoms with Crippen LogP contribution in [0.25, 0.3) is 0 Å². The van der Waals surface area contributed by atoms with E-state index in [9.17, 15) is 14.7 Å². The number of carbonyl (C=O) groups is 2. The number of carbonyl (C=O) groups excluding carboxylic acids is 2. The van der Waals surface area contributed by atoms with Crippen molar-refractivity contribution in [3.8, 4) is 5.75 Å². The van der Waals surface area contributed by atoms with Gasteiger partial charge in [-0.15, -0.1) is 5.10 Å². The summed E-state index contributed by atoms with van der Waals surface area (Å²) in [4.78, 5) is 29.7. The molecule has 1 fully saturated rings. The smallest absolute Gasteiger partial charge is 0.264 e. The van der Waals surface area contributed by atoms with Crippen molar-refractivity contribution in [2.24, 2.45) is 5.92 Å². The van der Waals surface area contributed by atoms with E-state index < -0.39 is 17.4 Å². The van der Waals surface area contributed by atoms with Crippen LogP contribution in [0.4, 0.5) is 11.4 Å². The van der Waals surface area contributed by atoms with Crippen molar-refractivity contribution in [1.82, 2.24) is 15.0 Å². The number of amides is 2. The number of aliphatic hydroxyl groups excluding tert-OH is 1. The highest BCUT2D eigenvalue weighted by Crippen LogP contribution is 2.47. The van der Waals surface area contributed by atoms with Gasteiger partial charge in [-0.25, -0.2) is 0 Å². The van der Waals surface area contributed by atoms with Crippen molar-refractivity contribution in [2.45, 2.75) is 57.7 Å². The van der Waals surface area contributed by atoms with Gasteiger partial charge in [0.2, 0.25) is 5.91 Å². The minimum Gasteiger partial charge on any atom is -0.497 e. The Hall–Kier alpha value is -4.02. The summed E-state index contributed by atoms with van der Waals surface area (Å²) in [5.41, 5.74) is 1.89. The molecule has 5 rings (SSSR count). The molecule has 2 aromatic carbocycles. The third-order valence-corrected chi connectivity index (χ3v) is 7.95. The van der Waals surface area contributed by atoms with Gasteiger partial charge < -0.3 is 24.7 Å². The largest absolute Gasteiger partial charge is 0.497 e. The standard InChI is InChI=1S/C31H37N5O5/c1-22(7-3-5-16-34-21-24(15-18-37)32-33-34)31(40)27-19-26(41-2)13-14-28(27)36(30(31)39)20-23-9-11-25(12-10-23)35-17-6-4-8-29(35)38/h3,7,9-14,19,21-22,37,40H,4-6,8,15-18,20H2,1-2H3/b7-3+/t22-,31+/m0/s1. The van der Waals surface area contributed by atoms with Crippen molar-refractivity contribution < 1.29 is 24.5 Å². The number of hydrogen-bond donors (Lipinski definition) is 2. The molecule has 3 heterocycles. The first-order chi connectivity index (χ1) is 19.8. The number of anilines is 2. The molecule has 0 saturated carbocycles. The van der Waals surface area contributed by atoms with E-state index in [1.807, 2.05) is 54.3 Å². The molecule has 1 aromatic heterocycles. The quantitative estimate of drug-likeness (QED) is 0.346. The van der Waals surface area contributed by atoms with Crippen LogP contribution in [-0.2, 0) is 34.7 Å². The summed E-state index contributed by atoms with van der Waals surface area (Å²) < 4.78 is 7.14. The monoisotopic (exact) mass is 559 g/mol. The van der Waals surface area contributed by atoms with E-state index in [1.54, 1.807) is 35.0 Å². The number of aryl methyl sites for hydroxylation is 1. The van der Waals surface area contributed by atoms with Gasteiger partial charge in [-0.2, -0.15) is 0 Å². The molecule has 2 atom stereocenters. The average Bonchev–Trinajstić information content (AvgIpc) is 3.52. The number of piperidine rings is 1. The SMILES string of the molecule is COc1ccc2c(c1)[C@](O)([C@@H](C)/C=C/CCn1cc(CCO)nn1)C(=O)N2Cc1ccc(N2CCCCC2=O)cc1. The van der Waals surface area contributed by atoms with Crippen LogP contribution in [-0.4, -0.2) is 57.3 Å². The number of nitrogens with zero attached hydrogens (tertiary/aromatic N) is 5. The van der Waals surface area contributed by atoms with Crippen LogP contribution in [0.3, 0.4) is 0 Å². The molecule has 0 radical (unpaired) electrons. The second kappa shape index (κ2) is 12.2. The highest BCUT2D eigenvalue weighted by atomic mass is 16.5. The Morgan fingerprint density at radius 2 is 1.95 bits per heavy atom. The molecule has 1 saturated heterocycles. The topological polar surface area (TPSA) is 121 Å². The van der Waals surface area contributed by atoms with Gasteiger partial charge in [0.1, 0.15) is 5.75 Å². The van der Waals surface area contributed by atoms with Crippen molar-refractivity contribution in [2.75, 3.05) is 30.1 Å². The third-order valence-electron chi connectivity index (χ3n) is 7.95. The predicted molar refractivity (Wildman–Crippen MR) is 154 cm³/mol. The van der Waals surface area contributed by atoms with E-state index in [1.165, 1.54) is 0 Å². The molecule has 0 bridgehead atoms. The van der Waals surface area contributed by atoms with Gasteiger partial charge in [0, 0.05) is 55.9 Å². The van der Waals surface area contributed by atoms with E-state index in [0.717, 1.165) is 36.3 Å².